The first-order chi connectivity index (χ1) is 29.9. The van der Waals surface area contributed by atoms with Crippen LogP contribution in [-0.2, 0) is 46.3 Å². The molecule has 6 N–H and O–H groups in total. The Morgan fingerprint density at radius 2 is 1.92 bits per heavy atom. The lowest BCUT2D eigenvalue weighted by Crippen LogP contribution is -2.65. The van der Waals surface area contributed by atoms with Crippen molar-refractivity contribution in [2.24, 2.45) is 11.8 Å². The van der Waals surface area contributed by atoms with Crippen LogP contribution in [0.15, 0.2) is 42.9 Å². The van der Waals surface area contributed by atoms with E-state index in [1.165, 1.54) is 0 Å². The number of aromatic amines is 1. The van der Waals surface area contributed by atoms with Gasteiger partial charge in [-0.2, -0.15) is 5.10 Å². The van der Waals surface area contributed by atoms with Crippen molar-refractivity contribution in [2.75, 3.05) is 40.0 Å². The normalized spacial score (nSPS) is 32.8. The van der Waals surface area contributed by atoms with Crippen molar-refractivity contribution >= 4 is 23.9 Å². The minimum atomic E-state index is -1.77. The Labute approximate surface area is 371 Å². The van der Waals surface area contributed by atoms with E-state index in [1.807, 2.05) is 77.2 Å². The molecule has 12 atom stereocenters. The van der Waals surface area contributed by atoms with Crippen LogP contribution in [0.1, 0.15) is 85.6 Å². The summed E-state index contributed by atoms with van der Waals surface area (Å²) in [5.74, 6) is -2.71. The molecule has 2 unspecified atom stereocenters. The molecule has 0 saturated carbocycles. The molecule has 2 aliphatic heterocycles. The number of carbonyl (C=O) groups excluding carboxylic acids is 3. The van der Waals surface area contributed by atoms with E-state index in [-0.39, 0.29) is 43.9 Å². The fraction of sp³-hybridized carbons (Fsp3) is 0.689. The Kier molecular flexibility index (Phi) is 17.4. The molecule has 1 aromatic carbocycles. The fourth-order valence-electron chi connectivity index (χ4n) is 9.33. The molecule has 3 aromatic rings. The van der Waals surface area contributed by atoms with Crippen molar-refractivity contribution in [1.29, 1.82) is 0 Å². The lowest BCUT2D eigenvalue weighted by Gasteiger charge is -2.46. The number of nitrogens with zero attached hydrogens (tertiary/aromatic N) is 6. The zero-order valence-electron chi connectivity index (χ0n) is 38.5. The van der Waals surface area contributed by atoms with E-state index in [0.717, 1.165) is 12.0 Å². The number of ketones is 1. The van der Waals surface area contributed by atoms with Crippen LogP contribution in [0, 0.1) is 11.8 Å². The number of nitrogens with two attached hydrogens (primary N) is 1. The highest BCUT2D eigenvalue weighted by molar-refractivity contribution is 5.99. The number of methoxy groups -OCH3 is 1. The number of nitrogen functional groups attached to an aromatic ring is 1. The predicted molar refractivity (Wildman–Crippen MR) is 236 cm³/mol. The maximum Gasteiger partial charge on any atom is 0.317 e. The van der Waals surface area contributed by atoms with E-state index >= 15 is 0 Å². The third kappa shape index (κ3) is 12.5. The zero-order valence-corrected chi connectivity index (χ0v) is 38.5. The largest absolute Gasteiger partial charge is 0.459 e. The van der Waals surface area contributed by atoms with Crippen LogP contribution in [0.2, 0.25) is 0 Å². The van der Waals surface area contributed by atoms with Crippen LogP contribution in [-0.4, -0.2) is 158 Å². The number of hydrogen-bond acceptors (Lipinski definition) is 15. The number of rotatable bonds is 15. The Balaban J connectivity index is 1.43. The summed E-state index contributed by atoms with van der Waals surface area (Å²) in [6.45, 7) is 12.4. The zero-order chi connectivity index (χ0) is 46.1. The summed E-state index contributed by atoms with van der Waals surface area (Å²) in [7, 11) is 5.33. The predicted octanol–water partition coefficient (Wildman–Crippen LogP) is 2.98. The number of hydrogen-bond donors (Lipinski definition) is 5. The van der Waals surface area contributed by atoms with E-state index in [1.54, 1.807) is 42.9 Å². The van der Waals surface area contributed by atoms with E-state index in [4.69, 9.17) is 24.7 Å². The number of unbranched alkanes of at least 4 members (excludes halogenated alkanes) is 1. The van der Waals surface area contributed by atoms with Crippen molar-refractivity contribution < 1.29 is 43.5 Å². The van der Waals surface area contributed by atoms with Crippen LogP contribution in [0.5, 0.6) is 0 Å². The van der Waals surface area contributed by atoms with Gasteiger partial charge in [0.25, 0.3) is 0 Å². The Bertz CT molecular complexity index is 1910. The Morgan fingerprint density at radius 3 is 2.57 bits per heavy atom. The molecule has 63 heavy (non-hydrogen) atoms. The van der Waals surface area contributed by atoms with Gasteiger partial charge in [0.1, 0.15) is 35.2 Å². The summed E-state index contributed by atoms with van der Waals surface area (Å²) in [4.78, 5) is 45.7. The van der Waals surface area contributed by atoms with Gasteiger partial charge in [0.15, 0.2) is 6.29 Å². The van der Waals surface area contributed by atoms with Gasteiger partial charge in [-0.1, -0.05) is 31.2 Å². The number of carbonyl (C=O) groups is 3. The molecule has 350 valence electrons. The van der Waals surface area contributed by atoms with Crippen molar-refractivity contribution in [2.45, 2.75) is 153 Å². The highest BCUT2D eigenvalue weighted by atomic mass is 16.7. The van der Waals surface area contributed by atoms with Crippen molar-refractivity contribution in [1.82, 2.24) is 40.3 Å². The van der Waals surface area contributed by atoms with Crippen LogP contribution in [0.3, 0.4) is 0 Å². The highest BCUT2D eigenvalue weighted by Crippen LogP contribution is 2.35. The monoisotopic (exact) mass is 882 g/mol. The summed E-state index contributed by atoms with van der Waals surface area (Å²) < 4.78 is 27.0. The van der Waals surface area contributed by atoms with Gasteiger partial charge in [-0.15, -0.1) is 5.10 Å². The van der Waals surface area contributed by atoms with Crippen molar-refractivity contribution in [3.8, 4) is 11.3 Å². The molecule has 1 amide bonds. The Hall–Kier alpha value is -4.30. The Morgan fingerprint density at radius 1 is 1.16 bits per heavy atom. The molecule has 2 aromatic heterocycles. The van der Waals surface area contributed by atoms with Gasteiger partial charge in [0.2, 0.25) is 6.41 Å². The van der Waals surface area contributed by atoms with E-state index in [0.29, 0.717) is 55.7 Å². The number of aliphatic hydroxyl groups excluding tert-OH is 1. The first kappa shape index (κ1) is 49.7. The maximum atomic E-state index is 14.7. The topological polar surface area (TPSA) is 233 Å². The van der Waals surface area contributed by atoms with Gasteiger partial charge < -0.3 is 50.0 Å². The molecule has 2 fully saturated rings. The number of esters is 1. The standard InChI is InChI=1S/C45H71N9O9/c1-10-38-45(6,59)41(53(27-55)16-11-12-17-54-26-35(50-51-54)32-14-13-15-33(46)20-32)30(4)47-23-28(2)22-44(5,60-9)39(63-43-40(57)36(52(7)8)18-29(3)61-43)21-37(56)34(42(58)62-38)19-31-24-48-49-25-31/h13-15,20,24-30,34,36,38-41,43,47,57,59H,10-12,16-19,21-23,46H2,1-9H3,(H,48,49)/t28-,29-,30-,34-,36?,38-,39-,40?,41-,43+,44-,45-/m1/s1. The van der Waals surface area contributed by atoms with Gasteiger partial charge >= 0.3 is 5.97 Å². The lowest BCUT2D eigenvalue weighted by atomic mass is 9.82. The molecule has 2 aliphatic rings. The smallest absolute Gasteiger partial charge is 0.317 e. The van der Waals surface area contributed by atoms with E-state index in [2.05, 4.69) is 25.8 Å². The molecule has 2 saturated heterocycles. The number of aromatic nitrogens is 5. The summed E-state index contributed by atoms with van der Waals surface area (Å²) in [6, 6.07) is 5.80. The molecule has 0 radical (unpaired) electrons. The second kappa shape index (κ2) is 22.1. The molecule has 0 bridgehead atoms. The number of ether oxygens (including phenoxy) is 4. The number of cyclic esters (lactones) is 1. The van der Waals surface area contributed by atoms with Crippen LogP contribution < -0.4 is 11.1 Å². The SMILES string of the molecule is CC[C@H]1OC(=O)[C@H](Cc2cn[nH]c2)C(=O)C[C@@H](O[C@@H]2O[C@H](C)CC(N(C)C)C2O)[C@](C)(OC)C[C@@H](C)CN[C@H](C)[C@@H](N(C=O)CCCCn2cc(-c3cccc(N)c3)nn2)[C@]1(C)O. The van der Waals surface area contributed by atoms with Gasteiger partial charge in [-0.05, 0) is 110 Å². The average Bonchev–Trinajstić information content (AvgIpc) is 3.95. The van der Waals surface area contributed by atoms with Crippen LogP contribution in [0.25, 0.3) is 11.3 Å². The quantitative estimate of drug-likeness (QED) is 0.0486. The fourth-order valence-corrected chi connectivity index (χ4v) is 9.33. The van der Waals surface area contributed by atoms with Crippen LogP contribution in [0.4, 0.5) is 5.69 Å². The van der Waals surface area contributed by atoms with Crippen molar-refractivity contribution in [3.05, 3.63) is 48.4 Å². The number of aliphatic hydroxyl groups is 2. The maximum absolute atomic E-state index is 14.7. The summed E-state index contributed by atoms with van der Waals surface area (Å²) in [5, 5.41) is 43.0. The number of nitrogens with one attached hydrogen (secondary N) is 2. The van der Waals surface area contributed by atoms with Crippen LogP contribution >= 0.6 is 0 Å². The number of amides is 1. The van der Waals surface area contributed by atoms with Crippen molar-refractivity contribution in [3.63, 3.8) is 0 Å². The number of Topliss-reactive ketones (excluding diaryl/α,β-unsaturated/α-hetero) is 1. The van der Waals surface area contributed by atoms with Gasteiger partial charge in [-0.25, -0.2) is 0 Å². The lowest BCUT2D eigenvalue weighted by molar-refractivity contribution is -0.289. The molecule has 4 heterocycles. The van der Waals surface area contributed by atoms with E-state index in [9.17, 15) is 24.6 Å². The third-order valence-corrected chi connectivity index (χ3v) is 12.9. The second-order valence-electron chi connectivity index (χ2n) is 18.3. The van der Waals surface area contributed by atoms with E-state index < -0.39 is 65.6 Å². The minimum Gasteiger partial charge on any atom is -0.459 e. The molecule has 0 aliphatic carbocycles. The molecular weight excluding hydrogens is 811 g/mol. The number of aryl methyl sites for hydroxylation is 1. The second-order valence-corrected chi connectivity index (χ2v) is 18.3. The average molecular weight is 882 g/mol. The van der Waals surface area contributed by atoms with Gasteiger partial charge in [0, 0.05) is 56.2 Å². The summed E-state index contributed by atoms with van der Waals surface area (Å²) in [6.07, 6.45) is 3.39. The number of likely N-dealkylation sites (N-methyl/N-ethyl adjacent to an activating group) is 1. The molecular formula is C45H71N9O9. The summed E-state index contributed by atoms with van der Waals surface area (Å²) in [5.41, 5.74) is 5.88. The third-order valence-electron chi connectivity index (χ3n) is 12.9. The molecule has 18 nitrogen and oxygen atoms in total. The first-order valence-electron chi connectivity index (χ1n) is 22.2. The van der Waals surface area contributed by atoms with Gasteiger partial charge in [-0.3, -0.25) is 24.2 Å². The molecule has 5 rings (SSSR count). The van der Waals surface area contributed by atoms with Gasteiger partial charge in [0.05, 0.1) is 36.2 Å². The number of benzene rings is 1. The molecule has 18 heteroatoms. The molecule has 0 spiro atoms. The number of anilines is 1. The summed E-state index contributed by atoms with van der Waals surface area (Å²) >= 11 is 0. The number of H-pyrrole nitrogens is 1. The highest BCUT2D eigenvalue weighted by Gasteiger charge is 2.50. The first-order valence-corrected chi connectivity index (χ1v) is 22.2. The minimum absolute atomic E-state index is 0.0314.